The summed E-state index contributed by atoms with van der Waals surface area (Å²) in [5.41, 5.74) is 0. The molecule has 0 saturated heterocycles. The Bertz CT molecular complexity index is 413. The van der Waals surface area contributed by atoms with E-state index in [4.69, 9.17) is 5.11 Å². The molecular weight excluding hydrogens is 258 g/mol. The summed E-state index contributed by atoms with van der Waals surface area (Å²) in [5.74, 6) is -2.80. The van der Waals surface area contributed by atoms with E-state index in [0.717, 1.165) is 26.7 Å². The van der Waals surface area contributed by atoms with Gasteiger partial charge in [0.2, 0.25) is 5.91 Å². The Morgan fingerprint density at radius 2 is 1.78 bits per heavy atom. The standard InChI is InChI=1S/C11H21NO5S/c1-5-6-7-12(4)9(13)8-18(16,17)11(2,3)10(14)15/h5-8H2,1-4H3,(H,14,15). The highest BCUT2D eigenvalue weighted by atomic mass is 32.2. The van der Waals surface area contributed by atoms with E-state index in [2.05, 4.69) is 0 Å². The van der Waals surface area contributed by atoms with Crippen LogP contribution in [0.1, 0.15) is 33.6 Å². The van der Waals surface area contributed by atoms with E-state index in [9.17, 15) is 18.0 Å². The fourth-order valence-corrected chi connectivity index (χ4v) is 2.28. The zero-order chi connectivity index (χ0) is 14.6. The fourth-order valence-electron chi connectivity index (χ4n) is 1.11. The Labute approximate surface area is 108 Å². The van der Waals surface area contributed by atoms with Crippen molar-refractivity contribution in [1.29, 1.82) is 0 Å². The molecule has 106 valence electrons. The molecule has 0 heterocycles. The average Bonchev–Trinajstić information content (AvgIpc) is 2.24. The quantitative estimate of drug-likeness (QED) is 0.733. The highest BCUT2D eigenvalue weighted by molar-refractivity contribution is 7.94. The van der Waals surface area contributed by atoms with Crippen LogP contribution >= 0.6 is 0 Å². The van der Waals surface area contributed by atoms with Gasteiger partial charge in [0.25, 0.3) is 0 Å². The number of aliphatic carboxylic acids is 1. The van der Waals surface area contributed by atoms with Crippen molar-refractivity contribution in [2.24, 2.45) is 0 Å². The lowest BCUT2D eigenvalue weighted by Gasteiger charge is -2.22. The van der Waals surface area contributed by atoms with E-state index in [0.29, 0.717) is 6.54 Å². The van der Waals surface area contributed by atoms with E-state index in [-0.39, 0.29) is 0 Å². The molecule has 7 heteroatoms. The van der Waals surface area contributed by atoms with Crippen molar-refractivity contribution in [1.82, 2.24) is 4.90 Å². The fraction of sp³-hybridized carbons (Fsp3) is 0.818. The predicted octanol–water partition coefficient (Wildman–Crippen LogP) is 0.523. The van der Waals surface area contributed by atoms with Crippen molar-refractivity contribution in [3.8, 4) is 0 Å². The SMILES string of the molecule is CCCCN(C)C(=O)CS(=O)(=O)C(C)(C)C(=O)O. The molecule has 0 aliphatic heterocycles. The summed E-state index contributed by atoms with van der Waals surface area (Å²) >= 11 is 0. The molecule has 0 aliphatic rings. The second kappa shape index (κ2) is 6.17. The van der Waals surface area contributed by atoms with Gasteiger partial charge in [-0.15, -0.1) is 0 Å². The number of rotatable bonds is 7. The van der Waals surface area contributed by atoms with Gasteiger partial charge in [-0.1, -0.05) is 13.3 Å². The van der Waals surface area contributed by atoms with Crippen LogP contribution in [0.3, 0.4) is 0 Å². The van der Waals surface area contributed by atoms with Gasteiger partial charge in [0.05, 0.1) is 0 Å². The van der Waals surface area contributed by atoms with Crippen molar-refractivity contribution in [2.45, 2.75) is 38.4 Å². The molecule has 0 aliphatic carbocycles. The number of nitrogens with zero attached hydrogens (tertiary/aromatic N) is 1. The van der Waals surface area contributed by atoms with Gasteiger partial charge >= 0.3 is 5.97 Å². The first-order valence-electron chi connectivity index (χ1n) is 5.76. The van der Waals surface area contributed by atoms with E-state index in [1.807, 2.05) is 6.92 Å². The van der Waals surface area contributed by atoms with Crippen LogP contribution in [0.15, 0.2) is 0 Å². The smallest absolute Gasteiger partial charge is 0.324 e. The number of carbonyl (C=O) groups is 2. The topological polar surface area (TPSA) is 91.8 Å². The van der Waals surface area contributed by atoms with Gasteiger partial charge < -0.3 is 10.0 Å². The number of sulfone groups is 1. The monoisotopic (exact) mass is 279 g/mol. The van der Waals surface area contributed by atoms with Crippen LogP contribution in [-0.4, -0.2) is 54.4 Å². The minimum absolute atomic E-state index is 0.471. The Morgan fingerprint density at radius 1 is 1.28 bits per heavy atom. The second-order valence-electron chi connectivity index (χ2n) is 4.74. The molecule has 0 aromatic heterocycles. The van der Waals surface area contributed by atoms with Crippen LogP contribution in [0, 0.1) is 0 Å². The number of carboxylic acids is 1. The average molecular weight is 279 g/mol. The molecule has 0 unspecified atom stereocenters. The number of hydrogen-bond donors (Lipinski definition) is 1. The van der Waals surface area contributed by atoms with E-state index >= 15 is 0 Å². The first-order chi connectivity index (χ1) is 8.06. The van der Waals surface area contributed by atoms with Gasteiger partial charge in [-0.2, -0.15) is 0 Å². The van der Waals surface area contributed by atoms with E-state index < -0.39 is 32.2 Å². The lowest BCUT2D eigenvalue weighted by atomic mass is 10.2. The third-order valence-corrected chi connectivity index (χ3v) is 5.24. The van der Waals surface area contributed by atoms with E-state index in [1.165, 1.54) is 11.9 Å². The van der Waals surface area contributed by atoms with Gasteiger partial charge in [-0.3, -0.25) is 9.59 Å². The molecule has 0 saturated carbocycles. The van der Waals surface area contributed by atoms with Crippen LogP contribution in [0.5, 0.6) is 0 Å². The van der Waals surface area contributed by atoms with Gasteiger partial charge in [-0.05, 0) is 20.3 Å². The van der Waals surface area contributed by atoms with Crippen molar-refractivity contribution in [2.75, 3.05) is 19.3 Å². The highest BCUT2D eigenvalue weighted by Gasteiger charge is 2.43. The molecule has 1 amide bonds. The Morgan fingerprint density at radius 3 is 2.17 bits per heavy atom. The minimum atomic E-state index is -4.02. The summed E-state index contributed by atoms with van der Waals surface area (Å²) in [6.45, 7) is 4.61. The number of unbranched alkanes of at least 4 members (excludes halogenated alkanes) is 1. The Hall–Kier alpha value is -1.11. The summed E-state index contributed by atoms with van der Waals surface area (Å²) < 4.78 is 21.8. The highest BCUT2D eigenvalue weighted by Crippen LogP contribution is 2.18. The molecule has 0 bridgehead atoms. The van der Waals surface area contributed by atoms with Crippen LogP contribution in [0.2, 0.25) is 0 Å². The van der Waals surface area contributed by atoms with Crippen LogP contribution < -0.4 is 0 Å². The third kappa shape index (κ3) is 3.97. The van der Waals surface area contributed by atoms with Crippen molar-refractivity contribution >= 4 is 21.7 Å². The second-order valence-corrected chi connectivity index (χ2v) is 7.28. The molecule has 0 aromatic rings. The number of hydrogen-bond acceptors (Lipinski definition) is 4. The Kier molecular flexibility index (Phi) is 5.79. The third-order valence-electron chi connectivity index (χ3n) is 2.88. The van der Waals surface area contributed by atoms with Gasteiger partial charge in [0.1, 0.15) is 5.75 Å². The maximum Gasteiger partial charge on any atom is 0.324 e. The minimum Gasteiger partial charge on any atom is -0.480 e. The predicted molar refractivity (Wildman–Crippen MR) is 68.0 cm³/mol. The summed E-state index contributed by atoms with van der Waals surface area (Å²) in [6, 6.07) is 0. The summed E-state index contributed by atoms with van der Waals surface area (Å²) in [4.78, 5) is 23.9. The molecule has 0 rings (SSSR count). The van der Waals surface area contributed by atoms with Gasteiger partial charge in [0.15, 0.2) is 14.6 Å². The maximum atomic E-state index is 11.9. The molecule has 0 atom stereocenters. The number of carbonyl (C=O) groups excluding carboxylic acids is 1. The first kappa shape index (κ1) is 16.9. The van der Waals surface area contributed by atoms with Crippen LogP contribution in [0.4, 0.5) is 0 Å². The maximum absolute atomic E-state index is 11.9. The number of carboxylic acid groups (broad SMARTS) is 1. The van der Waals surface area contributed by atoms with Crippen molar-refractivity contribution in [3.63, 3.8) is 0 Å². The van der Waals surface area contributed by atoms with Crippen molar-refractivity contribution in [3.05, 3.63) is 0 Å². The van der Waals surface area contributed by atoms with Crippen LogP contribution in [0.25, 0.3) is 0 Å². The normalized spacial score (nSPS) is 12.2. The molecule has 1 N–H and O–H groups in total. The molecular formula is C11H21NO5S. The van der Waals surface area contributed by atoms with Crippen molar-refractivity contribution < 1.29 is 23.1 Å². The van der Waals surface area contributed by atoms with E-state index in [1.54, 1.807) is 0 Å². The molecule has 0 aromatic carbocycles. The summed E-state index contributed by atoms with van der Waals surface area (Å²) in [7, 11) is -2.50. The molecule has 18 heavy (non-hydrogen) atoms. The first-order valence-corrected chi connectivity index (χ1v) is 7.41. The molecule has 0 spiro atoms. The summed E-state index contributed by atoms with van der Waals surface area (Å²) in [5, 5.41) is 8.87. The lowest BCUT2D eigenvalue weighted by Crippen LogP contribution is -2.45. The zero-order valence-corrected chi connectivity index (χ0v) is 12.1. The largest absolute Gasteiger partial charge is 0.480 e. The number of amides is 1. The van der Waals surface area contributed by atoms with Gasteiger partial charge in [-0.25, -0.2) is 8.42 Å². The van der Waals surface area contributed by atoms with Gasteiger partial charge in [0, 0.05) is 13.6 Å². The molecule has 0 radical (unpaired) electrons. The zero-order valence-electron chi connectivity index (χ0n) is 11.3. The van der Waals surface area contributed by atoms with Crippen LogP contribution in [-0.2, 0) is 19.4 Å². The molecule has 6 nitrogen and oxygen atoms in total. The Balaban J connectivity index is 4.80. The summed E-state index contributed by atoms with van der Waals surface area (Å²) in [6.07, 6.45) is 1.68. The molecule has 0 fully saturated rings. The lowest BCUT2D eigenvalue weighted by molar-refractivity contribution is -0.139.